The zero-order valence-electron chi connectivity index (χ0n) is 60.6. The summed E-state index contributed by atoms with van der Waals surface area (Å²) in [7, 11) is -9.90. The fourth-order valence-electron chi connectivity index (χ4n) is 11.3. The fourth-order valence-corrected chi connectivity index (χ4v) is 12.9. The van der Waals surface area contributed by atoms with Crippen LogP contribution in [0.2, 0.25) is 0 Å². The minimum Gasteiger partial charge on any atom is -0.462 e. The minimum atomic E-state index is -4.96. The van der Waals surface area contributed by atoms with E-state index >= 15 is 0 Å². The number of unbranched alkanes of at least 4 members (excludes halogenated alkanes) is 43. The van der Waals surface area contributed by atoms with Crippen LogP contribution >= 0.6 is 15.6 Å². The lowest BCUT2D eigenvalue weighted by Crippen LogP contribution is -2.30. The molecule has 0 bridgehead atoms. The second kappa shape index (κ2) is 66.0. The first-order valence-electron chi connectivity index (χ1n) is 38.5. The number of phosphoric ester groups is 2. The Hall–Kier alpha value is -1.94. The van der Waals surface area contributed by atoms with Crippen LogP contribution in [0.15, 0.2) is 0 Å². The molecule has 0 saturated heterocycles. The Morgan fingerprint density at radius 1 is 0.290 bits per heavy atom. The highest BCUT2D eigenvalue weighted by atomic mass is 31.2. The predicted molar refractivity (Wildman–Crippen MR) is 377 cm³/mol. The summed E-state index contributed by atoms with van der Waals surface area (Å²) in [4.78, 5) is 72.6. The highest BCUT2D eigenvalue weighted by molar-refractivity contribution is 7.47. The van der Waals surface area contributed by atoms with E-state index in [1.54, 1.807) is 0 Å². The van der Waals surface area contributed by atoms with Crippen molar-refractivity contribution in [1.82, 2.24) is 0 Å². The van der Waals surface area contributed by atoms with E-state index in [4.69, 9.17) is 37.0 Å². The normalized spacial score (nSPS) is 14.1. The maximum atomic E-state index is 13.1. The van der Waals surface area contributed by atoms with Gasteiger partial charge in [0, 0.05) is 25.7 Å². The zero-order valence-corrected chi connectivity index (χ0v) is 62.3. The first-order chi connectivity index (χ1) is 44.9. The molecular formula is C74H144O17P2. The number of ether oxygens (including phenoxy) is 4. The second-order valence-corrected chi connectivity index (χ2v) is 30.5. The Morgan fingerprint density at radius 3 is 0.731 bits per heavy atom. The van der Waals surface area contributed by atoms with Gasteiger partial charge in [0.25, 0.3) is 0 Å². The third-order valence-electron chi connectivity index (χ3n) is 17.2. The number of rotatable bonds is 73. The highest BCUT2D eigenvalue weighted by Crippen LogP contribution is 2.45. The minimum absolute atomic E-state index is 0.107. The molecule has 0 amide bonds. The summed E-state index contributed by atoms with van der Waals surface area (Å²) >= 11 is 0. The van der Waals surface area contributed by atoms with Crippen LogP contribution in [-0.2, 0) is 65.4 Å². The maximum Gasteiger partial charge on any atom is 0.472 e. The molecule has 19 heteroatoms. The van der Waals surface area contributed by atoms with E-state index in [1.807, 2.05) is 0 Å². The zero-order chi connectivity index (χ0) is 68.6. The molecule has 0 radical (unpaired) electrons. The Kier molecular flexibility index (Phi) is 64.6. The van der Waals surface area contributed by atoms with Gasteiger partial charge in [0.2, 0.25) is 0 Å². The number of hydrogen-bond donors (Lipinski definition) is 3. The van der Waals surface area contributed by atoms with E-state index in [1.165, 1.54) is 199 Å². The van der Waals surface area contributed by atoms with Gasteiger partial charge in [-0.3, -0.25) is 37.3 Å². The lowest BCUT2D eigenvalue weighted by atomic mass is 10.0. The standard InChI is InChI=1S/C74H144O17P2/c1-7-9-11-13-15-17-32-38-44-50-56-71(76)84-62-69(90-73(78)58-52-46-40-33-18-16-14-12-10-8-2)64-88-92(80,81)86-60-68(75)61-87-93(82,83)89-65-70(63-85-72(77)57-51-45-39-34-29-25-27-31-37-43-49-55-67(5)6)91-74(79)59-53-47-41-35-28-24-22-20-19-21-23-26-30-36-42-48-54-66(3)4/h66-70,75H,7-65H2,1-6H3,(H,80,81)(H,82,83)/t68-,69+,70+/m0/s1. The van der Waals surface area contributed by atoms with Crippen molar-refractivity contribution in [3.05, 3.63) is 0 Å². The molecule has 0 fully saturated rings. The van der Waals surface area contributed by atoms with Crippen molar-refractivity contribution in [1.29, 1.82) is 0 Å². The molecule has 0 aromatic carbocycles. The third kappa shape index (κ3) is 68.4. The van der Waals surface area contributed by atoms with Gasteiger partial charge in [-0.2, -0.15) is 0 Å². The van der Waals surface area contributed by atoms with E-state index in [-0.39, 0.29) is 25.7 Å². The molecule has 0 aliphatic rings. The molecule has 17 nitrogen and oxygen atoms in total. The van der Waals surface area contributed by atoms with Crippen molar-refractivity contribution in [3.63, 3.8) is 0 Å². The van der Waals surface area contributed by atoms with Crippen LogP contribution in [0.1, 0.15) is 382 Å². The number of aliphatic hydroxyl groups is 1. The molecule has 0 rings (SSSR count). The van der Waals surface area contributed by atoms with Crippen LogP contribution in [0.5, 0.6) is 0 Å². The van der Waals surface area contributed by atoms with E-state index < -0.39 is 97.5 Å². The van der Waals surface area contributed by atoms with Gasteiger partial charge in [-0.15, -0.1) is 0 Å². The largest absolute Gasteiger partial charge is 0.472 e. The Bertz CT molecular complexity index is 1800. The number of hydrogen-bond acceptors (Lipinski definition) is 15. The third-order valence-corrected chi connectivity index (χ3v) is 19.1. The topological polar surface area (TPSA) is 237 Å². The van der Waals surface area contributed by atoms with Crippen molar-refractivity contribution in [2.24, 2.45) is 11.8 Å². The smallest absolute Gasteiger partial charge is 0.462 e. The van der Waals surface area contributed by atoms with Gasteiger partial charge in [0.15, 0.2) is 12.2 Å². The quantitative estimate of drug-likeness (QED) is 0.0222. The summed E-state index contributed by atoms with van der Waals surface area (Å²) in [6.45, 7) is 9.60. The lowest BCUT2D eigenvalue weighted by Gasteiger charge is -2.21. The monoisotopic (exact) mass is 1370 g/mol. The average Bonchev–Trinajstić information content (AvgIpc) is 2.22. The molecule has 2 unspecified atom stereocenters. The van der Waals surface area contributed by atoms with Gasteiger partial charge < -0.3 is 33.8 Å². The number of carbonyl (C=O) groups excluding carboxylic acids is 4. The Morgan fingerprint density at radius 2 is 0.495 bits per heavy atom. The van der Waals surface area contributed by atoms with Gasteiger partial charge in [0.05, 0.1) is 26.4 Å². The second-order valence-electron chi connectivity index (χ2n) is 27.6. The number of carbonyl (C=O) groups is 4. The van der Waals surface area contributed by atoms with Crippen LogP contribution < -0.4 is 0 Å². The molecule has 0 saturated carbocycles. The van der Waals surface area contributed by atoms with E-state index in [9.17, 15) is 43.2 Å². The number of aliphatic hydroxyl groups excluding tert-OH is 1. The molecule has 5 atom stereocenters. The van der Waals surface area contributed by atoms with Crippen LogP contribution in [0, 0.1) is 11.8 Å². The molecule has 0 aromatic heterocycles. The molecule has 0 aliphatic carbocycles. The first kappa shape index (κ1) is 91.1. The number of phosphoric acid groups is 2. The van der Waals surface area contributed by atoms with Gasteiger partial charge in [0.1, 0.15) is 19.3 Å². The summed E-state index contributed by atoms with van der Waals surface area (Å²) < 4.78 is 68.4. The van der Waals surface area contributed by atoms with Gasteiger partial charge in [-0.25, -0.2) is 9.13 Å². The van der Waals surface area contributed by atoms with E-state index in [0.717, 1.165) is 102 Å². The predicted octanol–water partition coefficient (Wildman–Crippen LogP) is 21.6. The average molecular weight is 1370 g/mol. The SMILES string of the molecule is CCCCCCCCCCCCC(=O)OC[C@H](COP(=O)(O)OC[C@H](O)COP(=O)(O)OC[C@@H](COC(=O)CCCCCCCCCCCCCC(C)C)OC(=O)CCCCCCCCCCCCCCCCCCC(C)C)OC(=O)CCCCCCCCCCCC. The van der Waals surface area contributed by atoms with Crippen LogP contribution in [0.3, 0.4) is 0 Å². The summed E-state index contributed by atoms with van der Waals surface area (Å²) in [5, 5.41) is 10.6. The van der Waals surface area contributed by atoms with Crippen LogP contribution in [0.25, 0.3) is 0 Å². The lowest BCUT2D eigenvalue weighted by molar-refractivity contribution is -0.161. The summed E-state index contributed by atoms with van der Waals surface area (Å²) in [5.41, 5.74) is 0. The summed E-state index contributed by atoms with van der Waals surface area (Å²) in [5.74, 6) is -0.538. The van der Waals surface area contributed by atoms with Crippen molar-refractivity contribution in [2.45, 2.75) is 400 Å². The first-order valence-corrected chi connectivity index (χ1v) is 41.5. The van der Waals surface area contributed by atoms with Crippen LogP contribution in [-0.4, -0.2) is 96.7 Å². The number of esters is 4. The molecule has 0 aliphatic heterocycles. The van der Waals surface area contributed by atoms with Gasteiger partial charge in [-0.1, -0.05) is 330 Å². The maximum absolute atomic E-state index is 13.1. The summed E-state index contributed by atoms with van der Waals surface area (Å²) in [6, 6.07) is 0. The van der Waals surface area contributed by atoms with Crippen molar-refractivity contribution in [3.8, 4) is 0 Å². The Labute approximate surface area is 568 Å². The fraction of sp³-hybridized carbons (Fsp3) is 0.946. The molecule has 552 valence electrons. The molecule has 93 heavy (non-hydrogen) atoms. The molecule has 0 heterocycles. The molecule has 3 N–H and O–H groups in total. The van der Waals surface area contributed by atoms with E-state index in [2.05, 4.69) is 41.5 Å². The highest BCUT2D eigenvalue weighted by Gasteiger charge is 2.30. The van der Waals surface area contributed by atoms with Crippen molar-refractivity contribution < 1.29 is 80.2 Å². The summed E-state index contributed by atoms with van der Waals surface area (Å²) in [6.07, 6.45) is 52.7. The van der Waals surface area contributed by atoms with E-state index in [0.29, 0.717) is 25.7 Å². The van der Waals surface area contributed by atoms with Gasteiger partial charge in [-0.05, 0) is 37.5 Å². The molecule has 0 aromatic rings. The molecular weight excluding hydrogens is 1220 g/mol. The molecule has 0 spiro atoms. The Balaban J connectivity index is 5.21. The van der Waals surface area contributed by atoms with Crippen molar-refractivity contribution >= 4 is 39.5 Å². The van der Waals surface area contributed by atoms with Gasteiger partial charge >= 0.3 is 39.5 Å². The van der Waals surface area contributed by atoms with Crippen LogP contribution in [0.4, 0.5) is 0 Å². The van der Waals surface area contributed by atoms with Crippen molar-refractivity contribution in [2.75, 3.05) is 39.6 Å².